The van der Waals surface area contributed by atoms with Crippen LogP contribution in [0.5, 0.6) is 5.75 Å². The third-order valence-electron chi connectivity index (χ3n) is 4.39. The average molecular weight is 354 g/mol. The molecule has 2 heterocycles. The van der Waals surface area contributed by atoms with Crippen LogP contribution in [0.3, 0.4) is 0 Å². The van der Waals surface area contributed by atoms with Crippen LogP contribution in [-0.2, 0) is 0 Å². The zero-order valence-corrected chi connectivity index (χ0v) is 13.4. The van der Waals surface area contributed by atoms with Crippen molar-refractivity contribution in [3.8, 4) is 5.75 Å². The Morgan fingerprint density at radius 3 is 1.88 bits per heavy atom. The number of phenolic OH excluding ortho intramolecular Hbond substituents is 1. The molecule has 0 saturated carbocycles. The minimum absolute atomic E-state index is 0.447. The molecular weight excluding hydrogens is 336 g/mol. The van der Waals surface area contributed by atoms with Crippen molar-refractivity contribution < 1.29 is 19.9 Å². The average Bonchev–Trinajstić information content (AvgIpc) is 3.03. The lowest BCUT2D eigenvalue weighted by Crippen LogP contribution is -2.33. The van der Waals surface area contributed by atoms with Gasteiger partial charge in [0.1, 0.15) is 0 Å². The summed E-state index contributed by atoms with van der Waals surface area (Å²) in [4.78, 5) is 30.4. The van der Waals surface area contributed by atoms with Crippen molar-refractivity contribution in [3.05, 3.63) is 42.5 Å². The second-order valence-corrected chi connectivity index (χ2v) is 5.93. The first-order valence-electron chi connectivity index (χ1n) is 7.85. The molecule has 1 aromatic rings. The minimum atomic E-state index is -1.21. The standard InChI is InChI=1S/C8H15N.C6H3N3O7/c1-2-6-9-7-3-5-8(9)4-1;10-6-4(8(13)14)1-3(7(11)12)2-5(6)9(15)16/h8H,1-7H2;1-2,10H/t8-;/m0./s1. The second-order valence-electron chi connectivity index (χ2n) is 5.93. The van der Waals surface area contributed by atoms with Crippen molar-refractivity contribution >= 4 is 17.1 Å². The van der Waals surface area contributed by atoms with Gasteiger partial charge in [0.05, 0.1) is 26.9 Å². The lowest BCUT2D eigenvalue weighted by molar-refractivity contribution is -0.404. The lowest BCUT2D eigenvalue weighted by atomic mass is 10.0. The van der Waals surface area contributed by atoms with Crippen LogP contribution in [-0.4, -0.2) is 43.9 Å². The van der Waals surface area contributed by atoms with Gasteiger partial charge in [0.2, 0.25) is 0 Å². The van der Waals surface area contributed by atoms with E-state index < -0.39 is 37.6 Å². The number of nitro groups is 3. The maximum Gasteiger partial charge on any atom is 0.324 e. The van der Waals surface area contributed by atoms with Gasteiger partial charge in [-0.3, -0.25) is 30.3 Å². The molecule has 0 unspecified atom stereocenters. The van der Waals surface area contributed by atoms with Crippen LogP contribution in [0, 0.1) is 30.3 Å². The summed E-state index contributed by atoms with van der Waals surface area (Å²) in [5.74, 6) is -1.21. The highest BCUT2D eigenvalue weighted by molar-refractivity contribution is 5.64. The summed E-state index contributed by atoms with van der Waals surface area (Å²) in [5.41, 5.74) is -3.00. The summed E-state index contributed by atoms with van der Waals surface area (Å²) in [6, 6.07) is 1.89. The second kappa shape index (κ2) is 7.83. The Labute approximate surface area is 142 Å². The monoisotopic (exact) mass is 354 g/mol. The molecule has 0 amide bonds. The van der Waals surface area contributed by atoms with Gasteiger partial charge in [-0.1, -0.05) is 6.42 Å². The molecule has 3 rings (SSSR count). The van der Waals surface area contributed by atoms with E-state index in [-0.39, 0.29) is 0 Å². The summed E-state index contributed by atoms with van der Waals surface area (Å²) in [7, 11) is 0. The van der Waals surface area contributed by atoms with Crippen molar-refractivity contribution in [2.75, 3.05) is 13.1 Å². The number of phenols is 1. The number of hydrogen-bond acceptors (Lipinski definition) is 8. The van der Waals surface area contributed by atoms with Crippen LogP contribution in [0.25, 0.3) is 0 Å². The van der Waals surface area contributed by atoms with Crippen LogP contribution in [0.2, 0.25) is 0 Å². The Bertz CT molecular complexity index is 647. The smallest absolute Gasteiger partial charge is 0.324 e. The molecule has 1 atom stereocenters. The van der Waals surface area contributed by atoms with Crippen LogP contribution >= 0.6 is 0 Å². The summed E-state index contributed by atoms with van der Waals surface area (Å²) >= 11 is 0. The summed E-state index contributed by atoms with van der Waals surface area (Å²) in [6.45, 7) is 2.79. The molecule has 0 bridgehead atoms. The Hall–Kier alpha value is -2.82. The molecule has 11 heteroatoms. The van der Waals surface area contributed by atoms with Gasteiger partial charge in [-0.05, 0) is 38.8 Å². The first-order valence-corrected chi connectivity index (χ1v) is 7.85. The zero-order chi connectivity index (χ0) is 18.6. The molecular formula is C14H18N4O7. The number of hydrogen-bond donors (Lipinski definition) is 1. The van der Waals surface area contributed by atoms with E-state index in [1.165, 1.54) is 45.2 Å². The fourth-order valence-corrected chi connectivity index (χ4v) is 3.18. The minimum Gasteiger partial charge on any atom is -0.497 e. The Morgan fingerprint density at radius 1 is 0.880 bits per heavy atom. The molecule has 1 aromatic carbocycles. The van der Waals surface area contributed by atoms with Gasteiger partial charge in [0.25, 0.3) is 11.4 Å². The van der Waals surface area contributed by atoms with Gasteiger partial charge in [-0.15, -0.1) is 0 Å². The van der Waals surface area contributed by atoms with Gasteiger partial charge in [0.15, 0.2) is 0 Å². The van der Waals surface area contributed by atoms with Crippen LogP contribution in [0.4, 0.5) is 17.1 Å². The molecule has 136 valence electrons. The van der Waals surface area contributed by atoms with Gasteiger partial charge in [-0.2, -0.15) is 0 Å². The maximum absolute atomic E-state index is 10.4. The molecule has 2 aliphatic rings. The maximum atomic E-state index is 10.4. The number of nitrogens with zero attached hydrogens (tertiary/aromatic N) is 4. The van der Waals surface area contributed by atoms with E-state index in [4.69, 9.17) is 5.11 Å². The number of benzene rings is 1. The number of fused-ring (bicyclic) bond motifs is 1. The summed E-state index contributed by atoms with van der Waals surface area (Å²) < 4.78 is 0. The molecule has 1 N–H and O–H groups in total. The van der Waals surface area contributed by atoms with Gasteiger partial charge < -0.3 is 10.0 Å². The highest BCUT2D eigenvalue weighted by atomic mass is 16.6. The number of piperidine rings is 1. The molecule has 2 fully saturated rings. The Kier molecular flexibility index (Phi) is 5.80. The van der Waals surface area contributed by atoms with Crippen LogP contribution < -0.4 is 0 Å². The molecule has 11 nitrogen and oxygen atoms in total. The highest BCUT2D eigenvalue weighted by Gasteiger charge is 2.30. The SMILES string of the molecule is C1CCN2CCC[C@@H]2C1.O=[N+]([O-])c1cc([N+](=O)[O-])c(O)c([N+](=O)[O-])c1. The van der Waals surface area contributed by atoms with E-state index in [1.54, 1.807) is 0 Å². The van der Waals surface area contributed by atoms with E-state index in [0.717, 1.165) is 6.04 Å². The number of rotatable bonds is 3. The molecule has 2 aliphatic heterocycles. The first kappa shape index (κ1) is 18.5. The van der Waals surface area contributed by atoms with Crippen molar-refractivity contribution in [2.45, 2.75) is 38.1 Å². The topological polar surface area (TPSA) is 153 Å². The molecule has 0 aromatic heterocycles. The van der Waals surface area contributed by atoms with E-state index in [9.17, 15) is 30.3 Å². The van der Waals surface area contributed by atoms with E-state index in [0.29, 0.717) is 12.1 Å². The van der Waals surface area contributed by atoms with Crippen molar-refractivity contribution in [1.82, 2.24) is 4.90 Å². The van der Waals surface area contributed by atoms with Crippen molar-refractivity contribution in [3.63, 3.8) is 0 Å². The van der Waals surface area contributed by atoms with Crippen LogP contribution in [0.1, 0.15) is 32.1 Å². The summed E-state index contributed by atoms with van der Waals surface area (Å²) in [5, 5.41) is 40.2. The molecule has 0 spiro atoms. The number of non-ortho nitro benzene ring substituents is 1. The summed E-state index contributed by atoms with van der Waals surface area (Å²) in [6.07, 6.45) is 7.38. The van der Waals surface area contributed by atoms with E-state index in [2.05, 4.69) is 4.90 Å². The Morgan fingerprint density at radius 2 is 1.40 bits per heavy atom. The van der Waals surface area contributed by atoms with E-state index >= 15 is 0 Å². The number of nitro benzene ring substituents is 3. The highest BCUT2D eigenvalue weighted by Crippen LogP contribution is 2.38. The van der Waals surface area contributed by atoms with Gasteiger partial charge in [0, 0.05) is 6.04 Å². The third kappa shape index (κ3) is 4.38. The van der Waals surface area contributed by atoms with Crippen LogP contribution in [0.15, 0.2) is 12.1 Å². The largest absolute Gasteiger partial charge is 0.497 e. The lowest BCUT2D eigenvalue weighted by Gasteiger charge is -2.28. The molecule has 0 aliphatic carbocycles. The predicted octanol–water partition coefficient (Wildman–Crippen LogP) is 2.75. The van der Waals surface area contributed by atoms with Crippen molar-refractivity contribution in [2.24, 2.45) is 0 Å². The quantitative estimate of drug-likeness (QED) is 0.642. The fraction of sp³-hybridized carbons (Fsp3) is 0.571. The van der Waals surface area contributed by atoms with Crippen molar-refractivity contribution in [1.29, 1.82) is 0 Å². The zero-order valence-electron chi connectivity index (χ0n) is 13.4. The normalized spacial score (nSPS) is 19.4. The number of aromatic hydroxyl groups is 1. The van der Waals surface area contributed by atoms with Gasteiger partial charge >= 0.3 is 11.4 Å². The fourth-order valence-electron chi connectivity index (χ4n) is 3.18. The molecule has 25 heavy (non-hydrogen) atoms. The predicted molar refractivity (Wildman–Crippen MR) is 86.5 cm³/mol. The molecule has 2 saturated heterocycles. The Balaban J connectivity index is 0.000000208. The third-order valence-corrected chi connectivity index (χ3v) is 4.39. The van der Waals surface area contributed by atoms with Gasteiger partial charge in [-0.25, -0.2) is 0 Å². The van der Waals surface area contributed by atoms with E-state index in [1.807, 2.05) is 0 Å². The first-order chi connectivity index (χ1) is 11.8. The molecule has 0 radical (unpaired) electrons.